The quantitative estimate of drug-likeness (QED) is 0.609. The maximum absolute atomic E-state index is 13.2. The number of nitrogens with zero attached hydrogens (tertiary/aromatic N) is 1. The van der Waals surface area contributed by atoms with E-state index >= 15 is 0 Å². The molecule has 2 rings (SSSR count). The van der Waals surface area contributed by atoms with Crippen LogP contribution in [0.3, 0.4) is 0 Å². The molecule has 0 saturated carbocycles. The van der Waals surface area contributed by atoms with E-state index in [4.69, 9.17) is 4.74 Å². The molecule has 0 atom stereocenters. The van der Waals surface area contributed by atoms with Gasteiger partial charge in [-0.1, -0.05) is 23.9 Å². The number of thioether (sulfide) groups is 1. The van der Waals surface area contributed by atoms with E-state index in [1.807, 2.05) is 12.3 Å². The summed E-state index contributed by atoms with van der Waals surface area (Å²) in [5, 5.41) is 2.01. The molecule has 0 radical (unpaired) electrons. The third-order valence-corrected chi connectivity index (χ3v) is 4.10. The van der Waals surface area contributed by atoms with E-state index in [0.29, 0.717) is 12.4 Å². The lowest BCUT2D eigenvalue weighted by Crippen LogP contribution is -2.01. The van der Waals surface area contributed by atoms with Gasteiger partial charge in [-0.2, -0.15) is 0 Å². The Bertz CT molecular complexity index is 487. The van der Waals surface area contributed by atoms with Gasteiger partial charge in [0, 0.05) is 16.8 Å². The largest absolute Gasteiger partial charge is 0.490 e. The van der Waals surface area contributed by atoms with Gasteiger partial charge in [0.2, 0.25) is 0 Å². The summed E-state index contributed by atoms with van der Waals surface area (Å²) >= 11 is 3.25. The second kappa shape index (κ2) is 6.02. The highest BCUT2D eigenvalue weighted by Crippen LogP contribution is 2.22. The van der Waals surface area contributed by atoms with Crippen molar-refractivity contribution in [2.24, 2.45) is 0 Å². The first kappa shape index (κ1) is 12.4. The van der Waals surface area contributed by atoms with E-state index < -0.39 is 0 Å². The molecule has 0 aliphatic rings. The van der Waals surface area contributed by atoms with Crippen LogP contribution in [0, 0.1) is 12.7 Å². The van der Waals surface area contributed by atoms with Gasteiger partial charge in [-0.05, 0) is 19.1 Å². The molecule has 5 heteroatoms. The van der Waals surface area contributed by atoms with Crippen molar-refractivity contribution in [3.05, 3.63) is 41.2 Å². The summed E-state index contributed by atoms with van der Waals surface area (Å²) in [7, 11) is 0. The van der Waals surface area contributed by atoms with Crippen LogP contribution in [0.4, 0.5) is 4.39 Å². The van der Waals surface area contributed by atoms with Crippen molar-refractivity contribution in [2.45, 2.75) is 11.3 Å². The molecule has 2 aromatic rings. The fourth-order valence-corrected chi connectivity index (χ4v) is 2.98. The Balaban J connectivity index is 1.75. The second-order valence-electron chi connectivity index (χ2n) is 3.38. The fourth-order valence-electron chi connectivity index (χ4n) is 1.24. The monoisotopic (exact) mass is 269 g/mol. The van der Waals surface area contributed by atoms with Crippen LogP contribution in [-0.2, 0) is 0 Å². The van der Waals surface area contributed by atoms with Crippen LogP contribution in [-0.4, -0.2) is 17.3 Å². The molecule has 1 heterocycles. The van der Waals surface area contributed by atoms with E-state index in [1.165, 1.54) is 6.07 Å². The van der Waals surface area contributed by atoms with Crippen LogP contribution < -0.4 is 4.74 Å². The standard InChI is InChI=1S/C12H12FNOS2/c1-9-8-17-12(14-9)16-7-6-15-11-5-3-2-4-10(11)13/h2-5,8H,6-7H2,1H3. The fraction of sp³-hybridized carbons (Fsp3) is 0.250. The predicted molar refractivity (Wildman–Crippen MR) is 69.5 cm³/mol. The number of halogens is 1. The molecule has 0 bridgehead atoms. The third-order valence-electron chi connectivity index (χ3n) is 2.00. The van der Waals surface area contributed by atoms with Gasteiger partial charge < -0.3 is 4.74 Å². The Labute approximate surface area is 108 Å². The molecule has 90 valence electrons. The van der Waals surface area contributed by atoms with Crippen molar-refractivity contribution >= 4 is 23.1 Å². The van der Waals surface area contributed by atoms with Gasteiger partial charge in [-0.3, -0.25) is 0 Å². The number of benzene rings is 1. The number of aromatic nitrogens is 1. The minimum Gasteiger partial charge on any atom is -0.490 e. The highest BCUT2D eigenvalue weighted by molar-refractivity contribution is 8.01. The Morgan fingerprint density at radius 3 is 2.94 bits per heavy atom. The first-order valence-corrected chi connectivity index (χ1v) is 7.04. The SMILES string of the molecule is Cc1csc(SCCOc2ccccc2F)n1. The zero-order valence-electron chi connectivity index (χ0n) is 9.35. The lowest BCUT2D eigenvalue weighted by Gasteiger charge is -2.05. The molecule has 0 fully saturated rings. The highest BCUT2D eigenvalue weighted by atomic mass is 32.2. The average molecular weight is 269 g/mol. The topological polar surface area (TPSA) is 22.1 Å². The van der Waals surface area contributed by atoms with E-state index in [2.05, 4.69) is 4.98 Å². The van der Waals surface area contributed by atoms with Crippen LogP contribution >= 0.6 is 23.1 Å². The van der Waals surface area contributed by atoms with Gasteiger partial charge in [-0.25, -0.2) is 9.37 Å². The molecular formula is C12H12FNOS2. The number of rotatable bonds is 5. The summed E-state index contributed by atoms with van der Waals surface area (Å²) in [4.78, 5) is 4.32. The number of hydrogen-bond donors (Lipinski definition) is 0. The number of para-hydroxylation sites is 1. The molecule has 1 aromatic heterocycles. The Morgan fingerprint density at radius 1 is 1.41 bits per heavy atom. The number of aryl methyl sites for hydroxylation is 1. The Morgan fingerprint density at radius 2 is 2.24 bits per heavy atom. The summed E-state index contributed by atoms with van der Waals surface area (Å²) in [5.41, 5.74) is 1.03. The van der Waals surface area contributed by atoms with Gasteiger partial charge in [0.15, 0.2) is 11.6 Å². The second-order valence-corrected chi connectivity index (χ2v) is 5.58. The van der Waals surface area contributed by atoms with E-state index in [0.717, 1.165) is 15.8 Å². The molecule has 17 heavy (non-hydrogen) atoms. The number of thiazole rings is 1. The summed E-state index contributed by atoms with van der Waals surface area (Å²) in [6, 6.07) is 6.44. The van der Waals surface area contributed by atoms with Crippen molar-refractivity contribution in [1.82, 2.24) is 4.98 Å². The lowest BCUT2D eigenvalue weighted by molar-refractivity contribution is 0.325. The summed E-state index contributed by atoms with van der Waals surface area (Å²) < 4.78 is 19.6. The molecular weight excluding hydrogens is 257 g/mol. The molecule has 0 aliphatic heterocycles. The predicted octanol–water partition coefficient (Wildman–Crippen LogP) is 3.76. The molecule has 0 unspecified atom stereocenters. The number of ether oxygens (including phenoxy) is 1. The van der Waals surface area contributed by atoms with E-state index in [-0.39, 0.29) is 5.82 Å². The molecule has 0 aliphatic carbocycles. The summed E-state index contributed by atoms with van der Waals surface area (Å²) in [6.45, 7) is 2.45. The maximum Gasteiger partial charge on any atom is 0.165 e. The maximum atomic E-state index is 13.2. The number of hydrogen-bond acceptors (Lipinski definition) is 4. The molecule has 0 N–H and O–H groups in total. The third kappa shape index (κ3) is 3.71. The van der Waals surface area contributed by atoms with Gasteiger partial charge >= 0.3 is 0 Å². The van der Waals surface area contributed by atoms with Crippen molar-refractivity contribution in [1.29, 1.82) is 0 Å². The van der Waals surface area contributed by atoms with Crippen LogP contribution in [0.1, 0.15) is 5.69 Å². The van der Waals surface area contributed by atoms with Crippen molar-refractivity contribution in [3.63, 3.8) is 0 Å². The van der Waals surface area contributed by atoms with Crippen LogP contribution in [0.2, 0.25) is 0 Å². The lowest BCUT2D eigenvalue weighted by atomic mass is 10.3. The normalized spacial score (nSPS) is 10.5. The Hall–Kier alpha value is -1.07. The van der Waals surface area contributed by atoms with Crippen LogP contribution in [0.25, 0.3) is 0 Å². The average Bonchev–Trinajstić information content (AvgIpc) is 2.73. The molecule has 0 spiro atoms. The van der Waals surface area contributed by atoms with Crippen LogP contribution in [0.15, 0.2) is 34.0 Å². The van der Waals surface area contributed by atoms with Crippen molar-refractivity contribution < 1.29 is 9.13 Å². The van der Waals surface area contributed by atoms with Gasteiger partial charge in [0.1, 0.15) is 4.34 Å². The minimum atomic E-state index is -0.317. The van der Waals surface area contributed by atoms with Gasteiger partial charge in [-0.15, -0.1) is 11.3 Å². The zero-order valence-corrected chi connectivity index (χ0v) is 11.0. The minimum absolute atomic E-state index is 0.309. The Kier molecular flexibility index (Phi) is 4.39. The highest BCUT2D eigenvalue weighted by Gasteiger charge is 2.02. The van der Waals surface area contributed by atoms with Gasteiger partial charge in [0.25, 0.3) is 0 Å². The van der Waals surface area contributed by atoms with Crippen molar-refractivity contribution in [2.75, 3.05) is 12.4 Å². The van der Waals surface area contributed by atoms with Crippen molar-refractivity contribution in [3.8, 4) is 5.75 Å². The molecule has 2 nitrogen and oxygen atoms in total. The first-order valence-electron chi connectivity index (χ1n) is 5.18. The van der Waals surface area contributed by atoms with Gasteiger partial charge in [0.05, 0.1) is 6.61 Å². The zero-order chi connectivity index (χ0) is 12.1. The van der Waals surface area contributed by atoms with E-state index in [9.17, 15) is 4.39 Å². The van der Waals surface area contributed by atoms with E-state index in [1.54, 1.807) is 41.3 Å². The summed E-state index contributed by atoms with van der Waals surface area (Å²) in [6.07, 6.45) is 0. The first-order chi connectivity index (χ1) is 8.25. The molecule has 0 amide bonds. The molecule has 0 saturated heterocycles. The molecule has 1 aromatic carbocycles. The smallest absolute Gasteiger partial charge is 0.165 e. The summed E-state index contributed by atoms with van der Waals surface area (Å²) in [5.74, 6) is 0.757. The van der Waals surface area contributed by atoms with Crippen LogP contribution in [0.5, 0.6) is 5.75 Å².